The highest BCUT2D eigenvalue weighted by molar-refractivity contribution is 7.27. The van der Waals surface area contributed by atoms with Crippen molar-refractivity contribution in [2.45, 2.75) is 6.92 Å². The lowest BCUT2D eigenvalue weighted by Gasteiger charge is -2.12. The molecule has 7 heteroatoms. The molecule has 5 heterocycles. The number of fused-ring (bicyclic) bond motifs is 14. The Morgan fingerprint density at radius 3 is 2.42 bits per heavy atom. The predicted molar refractivity (Wildman–Crippen MR) is 233 cm³/mol. The third-order valence-electron chi connectivity index (χ3n) is 10.6. The van der Waals surface area contributed by atoms with E-state index in [9.17, 15) is 0 Å². The predicted octanol–water partition coefficient (Wildman–Crippen LogP) is 14.0. The summed E-state index contributed by atoms with van der Waals surface area (Å²) in [5.41, 5.74) is 6.78. The molecular weight excluding hydrogens is 716 g/mol. The van der Waals surface area contributed by atoms with Crippen molar-refractivity contribution < 1.29 is 4.39 Å². The molecule has 11 rings (SSSR count). The number of pyridine rings is 1. The maximum atomic E-state index is 15.5. The van der Waals surface area contributed by atoms with Crippen molar-refractivity contribution in [3.8, 4) is 17.1 Å². The molecule has 0 fully saturated rings. The summed E-state index contributed by atoms with van der Waals surface area (Å²) in [5.74, 6) is 0.252. The van der Waals surface area contributed by atoms with Crippen molar-refractivity contribution in [3.05, 3.63) is 164 Å². The molecule has 55 heavy (non-hydrogen) atoms. The van der Waals surface area contributed by atoms with Crippen LogP contribution in [-0.4, -0.2) is 19.5 Å². The molecule has 0 radical (unpaired) electrons. The average Bonchev–Trinajstić information content (AvgIpc) is 3.90. The van der Waals surface area contributed by atoms with Gasteiger partial charge in [-0.1, -0.05) is 97.6 Å². The van der Waals surface area contributed by atoms with Crippen molar-refractivity contribution in [1.29, 1.82) is 0 Å². The molecular formula is C48H29FN4S2. The van der Waals surface area contributed by atoms with Crippen LogP contribution in [-0.2, 0) is 0 Å². The molecule has 0 spiro atoms. The van der Waals surface area contributed by atoms with Gasteiger partial charge in [0.2, 0.25) is 5.95 Å². The van der Waals surface area contributed by atoms with Gasteiger partial charge in [0.25, 0.3) is 0 Å². The summed E-state index contributed by atoms with van der Waals surface area (Å²) in [7, 11) is 0. The summed E-state index contributed by atoms with van der Waals surface area (Å²) in [6.07, 6.45) is 11.7. The van der Waals surface area contributed by atoms with Gasteiger partial charge >= 0.3 is 0 Å². The average molecular weight is 745 g/mol. The highest BCUT2D eigenvalue weighted by atomic mass is 32.1. The van der Waals surface area contributed by atoms with Gasteiger partial charge in [0.05, 0.1) is 26.9 Å². The minimum atomic E-state index is -0.285. The van der Waals surface area contributed by atoms with E-state index in [1.165, 1.54) is 21.5 Å². The lowest BCUT2D eigenvalue weighted by atomic mass is 9.96. The molecule has 260 valence electrons. The molecule has 5 aromatic heterocycles. The van der Waals surface area contributed by atoms with E-state index in [1.54, 1.807) is 34.8 Å². The molecule has 0 N–H and O–H groups in total. The van der Waals surface area contributed by atoms with Crippen LogP contribution in [0.2, 0.25) is 0 Å². The minimum Gasteiger partial charge on any atom is -0.277 e. The fraction of sp³-hybridized carbons (Fsp3) is 0.0208. The molecule has 0 aliphatic heterocycles. The fourth-order valence-electron chi connectivity index (χ4n) is 8.34. The van der Waals surface area contributed by atoms with E-state index in [0.717, 1.165) is 90.7 Å². The third kappa shape index (κ3) is 4.70. The van der Waals surface area contributed by atoms with Crippen molar-refractivity contribution in [2.75, 3.05) is 0 Å². The van der Waals surface area contributed by atoms with E-state index in [4.69, 9.17) is 9.97 Å². The van der Waals surface area contributed by atoms with Gasteiger partial charge < -0.3 is 0 Å². The number of halogens is 1. The Balaban J connectivity index is 1.30. The SMILES string of the molecule is C=C/C=C(\C=C/C)c1nc(-n2c3ccc(F)cc3c3c4sc5ccc(-c6cccc7cnccc67)cc5c4c4ccccc4c32)nc2c1sc1ccccc12. The molecule has 0 amide bonds. The zero-order chi connectivity index (χ0) is 36.8. The zero-order valence-corrected chi connectivity index (χ0v) is 31.2. The number of allylic oxidation sites excluding steroid dienone is 5. The summed E-state index contributed by atoms with van der Waals surface area (Å²) in [6, 6.07) is 37.3. The van der Waals surface area contributed by atoms with Gasteiger partial charge in [0, 0.05) is 69.8 Å². The Morgan fingerprint density at radius 1 is 0.727 bits per heavy atom. The molecule has 0 aliphatic carbocycles. The maximum Gasteiger partial charge on any atom is 0.235 e. The van der Waals surface area contributed by atoms with Gasteiger partial charge in [-0.15, -0.1) is 22.7 Å². The first-order valence-electron chi connectivity index (χ1n) is 18.1. The summed E-state index contributed by atoms with van der Waals surface area (Å²) >= 11 is 3.45. The second-order valence-corrected chi connectivity index (χ2v) is 15.8. The van der Waals surface area contributed by atoms with Crippen LogP contribution < -0.4 is 0 Å². The van der Waals surface area contributed by atoms with E-state index in [2.05, 4.69) is 113 Å². The van der Waals surface area contributed by atoms with Crippen LogP contribution in [0.1, 0.15) is 12.6 Å². The normalized spacial score (nSPS) is 12.7. The van der Waals surface area contributed by atoms with Gasteiger partial charge in [0.15, 0.2) is 0 Å². The molecule has 11 aromatic rings. The highest BCUT2D eigenvalue weighted by Gasteiger charge is 2.25. The number of rotatable bonds is 5. The number of aromatic nitrogens is 4. The second-order valence-electron chi connectivity index (χ2n) is 13.7. The van der Waals surface area contributed by atoms with E-state index >= 15 is 4.39 Å². The van der Waals surface area contributed by atoms with Crippen LogP contribution in [0.4, 0.5) is 4.39 Å². The van der Waals surface area contributed by atoms with Crippen molar-refractivity contribution in [2.24, 2.45) is 0 Å². The molecule has 0 saturated heterocycles. The number of thiophene rings is 2. The smallest absolute Gasteiger partial charge is 0.235 e. The molecule has 0 saturated carbocycles. The Labute approximate surface area is 322 Å². The van der Waals surface area contributed by atoms with Gasteiger partial charge in [-0.2, -0.15) is 0 Å². The Bertz CT molecular complexity index is 3490. The minimum absolute atomic E-state index is 0.285. The molecule has 0 aliphatic rings. The van der Waals surface area contributed by atoms with Crippen LogP contribution in [0.5, 0.6) is 0 Å². The van der Waals surface area contributed by atoms with Gasteiger partial charge in [-0.25, -0.2) is 14.4 Å². The number of hydrogen-bond donors (Lipinski definition) is 0. The van der Waals surface area contributed by atoms with Crippen molar-refractivity contribution in [3.63, 3.8) is 0 Å². The molecule has 0 bridgehead atoms. The van der Waals surface area contributed by atoms with Gasteiger partial charge in [-0.3, -0.25) is 9.55 Å². The van der Waals surface area contributed by atoms with Crippen molar-refractivity contribution in [1.82, 2.24) is 19.5 Å². The van der Waals surface area contributed by atoms with Gasteiger partial charge in [0.1, 0.15) is 5.82 Å². The fourth-order valence-corrected chi connectivity index (χ4v) is 10.8. The standard InChI is InChI=1S/C48H29FN4S2/c1-3-10-27(11-4-2)43-47-44(35-15-7-8-17-39(35)55-47)52-48(51-43)53-38-20-19-30(49)25-36(38)42-45(53)34-14-6-5-13-33(34)41-37-24-28(18-21-40(37)54-46(41)42)31-16-9-12-29-26-50-23-22-32(29)31/h3-26H,1H2,2H3/b11-4-,27-10+. The topological polar surface area (TPSA) is 43.6 Å². The van der Waals surface area contributed by atoms with E-state index in [0.29, 0.717) is 5.95 Å². The van der Waals surface area contributed by atoms with E-state index in [-0.39, 0.29) is 5.82 Å². The Morgan fingerprint density at radius 2 is 1.55 bits per heavy atom. The summed E-state index contributed by atoms with van der Waals surface area (Å²) < 4.78 is 22.1. The number of benzene rings is 6. The Kier molecular flexibility index (Phi) is 7.11. The summed E-state index contributed by atoms with van der Waals surface area (Å²) in [5, 5.41) is 9.70. The van der Waals surface area contributed by atoms with Crippen LogP contribution >= 0.6 is 22.7 Å². The zero-order valence-electron chi connectivity index (χ0n) is 29.5. The van der Waals surface area contributed by atoms with E-state index < -0.39 is 0 Å². The maximum absolute atomic E-state index is 15.5. The first-order valence-corrected chi connectivity index (χ1v) is 19.7. The number of hydrogen-bond acceptors (Lipinski definition) is 5. The summed E-state index contributed by atoms with van der Waals surface area (Å²) in [6.45, 7) is 6.03. The van der Waals surface area contributed by atoms with Crippen molar-refractivity contribution >= 4 is 112 Å². The van der Waals surface area contributed by atoms with Crippen LogP contribution in [0.25, 0.3) is 106 Å². The molecule has 0 atom stereocenters. The third-order valence-corrected chi connectivity index (χ3v) is 13.0. The number of nitrogens with zero attached hydrogens (tertiary/aromatic N) is 4. The first kappa shape index (κ1) is 31.9. The molecule has 6 aromatic carbocycles. The second kappa shape index (κ2) is 12.2. The monoisotopic (exact) mass is 744 g/mol. The lowest BCUT2D eigenvalue weighted by molar-refractivity contribution is 0.629. The largest absolute Gasteiger partial charge is 0.277 e. The molecule has 0 unspecified atom stereocenters. The summed E-state index contributed by atoms with van der Waals surface area (Å²) in [4.78, 5) is 15.1. The quantitative estimate of drug-likeness (QED) is 0.165. The highest BCUT2D eigenvalue weighted by Crippen LogP contribution is 2.49. The first-order chi connectivity index (χ1) is 27.1. The van der Waals surface area contributed by atoms with Gasteiger partial charge in [-0.05, 0) is 71.3 Å². The van der Waals surface area contributed by atoms with E-state index in [1.807, 2.05) is 37.5 Å². The van der Waals surface area contributed by atoms with Crippen LogP contribution in [0.15, 0.2) is 152 Å². The van der Waals surface area contributed by atoms with Crippen LogP contribution in [0, 0.1) is 5.82 Å². The molecule has 4 nitrogen and oxygen atoms in total. The Hall–Kier alpha value is -6.54. The lowest BCUT2D eigenvalue weighted by Crippen LogP contribution is -2.04. The van der Waals surface area contributed by atoms with Crippen LogP contribution in [0.3, 0.4) is 0 Å².